The first kappa shape index (κ1) is 13.8. The summed E-state index contributed by atoms with van der Waals surface area (Å²) < 4.78 is 8.10. The van der Waals surface area contributed by atoms with Crippen molar-refractivity contribution in [2.24, 2.45) is 5.92 Å². The molecule has 1 aromatic heterocycles. The molecule has 2 heteroatoms. The first-order valence-corrected chi connectivity index (χ1v) is 8.47. The molecule has 1 unspecified atom stereocenters. The second kappa shape index (κ2) is 6.13. The zero-order chi connectivity index (χ0) is 14.8. The number of fused-ring (bicyclic) bond motifs is 3. The first-order valence-electron chi connectivity index (χ1n) is 8.47. The van der Waals surface area contributed by atoms with Crippen LogP contribution in [0, 0.1) is 5.92 Å². The SMILES string of the molecule is c1ccc2c(c1)c1ccccc1n2CCCC1CCCOC1. The van der Waals surface area contributed by atoms with Crippen molar-refractivity contribution in [3.63, 3.8) is 0 Å². The van der Waals surface area contributed by atoms with Crippen LogP contribution in [0.3, 0.4) is 0 Å². The van der Waals surface area contributed by atoms with Gasteiger partial charge >= 0.3 is 0 Å². The lowest BCUT2D eigenvalue weighted by molar-refractivity contribution is 0.0506. The summed E-state index contributed by atoms with van der Waals surface area (Å²) >= 11 is 0. The van der Waals surface area contributed by atoms with Crippen molar-refractivity contribution in [2.75, 3.05) is 13.2 Å². The molecule has 22 heavy (non-hydrogen) atoms. The van der Waals surface area contributed by atoms with E-state index in [1.165, 1.54) is 47.5 Å². The molecule has 1 atom stereocenters. The van der Waals surface area contributed by atoms with Crippen LogP contribution in [0.5, 0.6) is 0 Å². The molecule has 0 spiro atoms. The van der Waals surface area contributed by atoms with Crippen LogP contribution in [-0.2, 0) is 11.3 Å². The van der Waals surface area contributed by atoms with E-state index in [4.69, 9.17) is 4.74 Å². The van der Waals surface area contributed by atoms with Crippen molar-refractivity contribution >= 4 is 21.8 Å². The molecule has 1 saturated heterocycles. The average Bonchev–Trinajstić information content (AvgIpc) is 2.91. The van der Waals surface area contributed by atoms with Gasteiger partial charge in [-0.15, -0.1) is 0 Å². The smallest absolute Gasteiger partial charge is 0.0494 e. The standard InChI is InChI=1S/C20H23NO/c1-3-11-19-17(9-1)18-10-2-4-12-20(18)21(19)13-5-7-16-8-6-14-22-15-16/h1-4,9-12,16H,5-8,13-15H2. The van der Waals surface area contributed by atoms with Gasteiger partial charge < -0.3 is 9.30 Å². The Morgan fingerprint density at radius 2 is 1.64 bits per heavy atom. The van der Waals surface area contributed by atoms with Gasteiger partial charge in [0.1, 0.15) is 0 Å². The normalized spacial score (nSPS) is 19.0. The molecule has 2 nitrogen and oxygen atoms in total. The molecule has 3 aromatic rings. The van der Waals surface area contributed by atoms with Crippen LogP contribution in [-0.4, -0.2) is 17.8 Å². The van der Waals surface area contributed by atoms with Crippen LogP contribution in [0.25, 0.3) is 21.8 Å². The fraction of sp³-hybridized carbons (Fsp3) is 0.400. The van der Waals surface area contributed by atoms with Crippen molar-refractivity contribution in [1.82, 2.24) is 4.57 Å². The molecule has 0 amide bonds. The molecule has 4 rings (SSSR count). The van der Waals surface area contributed by atoms with E-state index in [-0.39, 0.29) is 0 Å². The average molecular weight is 293 g/mol. The van der Waals surface area contributed by atoms with E-state index in [2.05, 4.69) is 53.1 Å². The van der Waals surface area contributed by atoms with Crippen LogP contribution in [0.1, 0.15) is 25.7 Å². The van der Waals surface area contributed by atoms with Crippen molar-refractivity contribution in [3.05, 3.63) is 48.5 Å². The maximum Gasteiger partial charge on any atom is 0.0494 e. The van der Waals surface area contributed by atoms with E-state index in [9.17, 15) is 0 Å². The second-order valence-corrected chi connectivity index (χ2v) is 6.41. The Morgan fingerprint density at radius 1 is 0.955 bits per heavy atom. The summed E-state index contributed by atoms with van der Waals surface area (Å²) in [5.74, 6) is 0.766. The fourth-order valence-corrected chi connectivity index (χ4v) is 3.82. The lowest BCUT2D eigenvalue weighted by Crippen LogP contribution is -2.17. The number of rotatable bonds is 4. The maximum atomic E-state index is 5.60. The quantitative estimate of drug-likeness (QED) is 0.660. The maximum absolute atomic E-state index is 5.60. The zero-order valence-electron chi connectivity index (χ0n) is 13.0. The molecule has 2 aromatic carbocycles. The highest BCUT2D eigenvalue weighted by Crippen LogP contribution is 2.29. The Morgan fingerprint density at radius 3 is 2.27 bits per heavy atom. The van der Waals surface area contributed by atoms with Gasteiger partial charge in [0.15, 0.2) is 0 Å². The topological polar surface area (TPSA) is 14.2 Å². The van der Waals surface area contributed by atoms with Gasteiger partial charge in [-0.05, 0) is 43.7 Å². The number of aromatic nitrogens is 1. The van der Waals surface area contributed by atoms with E-state index >= 15 is 0 Å². The third-order valence-corrected chi connectivity index (χ3v) is 4.93. The van der Waals surface area contributed by atoms with E-state index in [0.29, 0.717) is 0 Å². The van der Waals surface area contributed by atoms with E-state index in [1.807, 2.05) is 0 Å². The van der Waals surface area contributed by atoms with Crippen molar-refractivity contribution in [3.8, 4) is 0 Å². The minimum atomic E-state index is 0.766. The number of benzene rings is 2. The molecule has 114 valence electrons. The lowest BCUT2D eigenvalue weighted by atomic mass is 9.97. The third kappa shape index (κ3) is 2.52. The summed E-state index contributed by atoms with van der Waals surface area (Å²) in [5, 5.41) is 2.75. The summed E-state index contributed by atoms with van der Waals surface area (Å²) in [6.45, 7) is 3.03. The largest absolute Gasteiger partial charge is 0.381 e. The van der Waals surface area contributed by atoms with E-state index in [1.54, 1.807) is 0 Å². The summed E-state index contributed by atoms with van der Waals surface area (Å²) in [7, 11) is 0. The number of hydrogen-bond donors (Lipinski definition) is 0. The van der Waals surface area contributed by atoms with E-state index in [0.717, 1.165) is 25.7 Å². The Balaban J connectivity index is 1.59. The highest BCUT2D eigenvalue weighted by atomic mass is 16.5. The third-order valence-electron chi connectivity index (χ3n) is 4.93. The number of para-hydroxylation sites is 2. The summed E-state index contributed by atoms with van der Waals surface area (Å²) in [6, 6.07) is 17.5. The molecular weight excluding hydrogens is 270 g/mol. The molecular formula is C20H23NO. The number of hydrogen-bond acceptors (Lipinski definition) is 1. The lowest BCUT2D eigenvalue weighted by Gasteiger charge is -2.22. The molecule has 1 fully saturated rings. The highest BCUT2D eigenvalue weighted by molar-refractivity contribution is 6.07. The van der Waals surface area contributed by atoms with Gasteiger partial charge in [0.05, 0.1) is 0 Å². The summed E-state index contributed by atoms with van der Waals surface area (Å²) in [6.07, 6.45) is 5.09. The minimum absolute atomic E-state index is 0.766. The van der Waals surface area contributed by atoms with Crippen LogP contribution < -0.4 is 0 Å². The molecule has 2 heterocycles. The predicted molar refractivity (Wildman–Crippen MR) is 92.2 cm³/mol. The Bertz CT molecular complexity index is 714. The van der Waals surface area contributed by atoms with Crippen LogP contribution in [0.2, 0.25) is 0 Å². The van der Waals surface area contributed by atoms with Crippen molar-refractivity contribution < 1.29 is 4.74 Å². The second-order valence-electron chi connectivity index (χ2n) is 6.41. The number of aryl methyl sites for hydroxylation is 1. The molecule has 0 saturated carbocycles. The van der Waals surface area contributed by atoms with Gasteiger partial charge in [-0.25, -0.2) is 0 Å². The van der Waals surface area contributed by atoms with Crippen LogP contribution in [0.4, 0.5) is 0 Å². The summed E-state index contributed by atoms with van der Waals surface area (Å²) in [4.78, 5) is 0. The summed E-state index contributed by atoms with van der Waals surface area (Å²) in [5.41, 5.74) is 2.73. The molecule has 0 bridgehead atoms. The van der Waals surface area contributed by atoms with Gasteiger partial charge in [-0.1, -0.05) is 36.4 Å². The Labute approximate surface area is 131 Å². The minimum Gasteiger partial charge on any atom is -0.381 e. The van der Waals surface area contributed by atoms with Gasteiger partial charge in [0, 0.05) is 41.6 Å². The van der Waals surface area contributed by atoms with Crippen molar-refractivity contribution in [1.29, 1.82) is 0 Å². The molecule has 0 N–H and O–H groups in total. The molecule has 1 aliphatic rings. The monoisotopic (exact) mass is 293 g/mol. The molecule has 0 aliphatic carbocycles. The number of nitrogens with zero attached hydrogens (tertiary/aromatic N) is 1. The van der Waals surface area contributed by atoms with Gasteiger partial charge in [-0.3, -0.25) is 0 Å². The van der Waals surface area contributed by atoms with E-state index < -0.39 is 0 Å². The number of ether oxygens (including phenoxy) is 1. The Kier molecular flexibility index (Phi) is 3.86. The predicted octanol–water partition coefficient (Wildman–Crippen LogP) is 5.00. The fourth-order valence-electron chi connectivity index (χ4n) is 3.82. The van der Waals surface area contributed by atoms with Crippen LogP contribution in [0.15, 0.2) is 48.5 Å². The highest BCUT2D eigenvalue weighted by Gasteiger charge is 2.14. The van der Waals surface area contributed by atoms with Crippen LogP contribution >= 0.6 is 0 Å². The van der Waals surface area contributed by atoms with Gasteiger partial charge in [0.25, 0.3) is 0 Å². The molecule has 1 aliphatic heterocycles. The Hall–Kier alpha value is -1.80. The van der Waals surface area contributed by atoms with Crippen molar-refractivity contribution in [2.45, 2.75) is 32.2 Å². The van der Waals surface area contributed by atoms with Gasteiger partial charge in [-0.2, -0.15) is 0 Å². The first-order chi connectivity index (χ1) is 10.9. The zero-order valence-corrected chi connectivity index (χ0v) is 13.0. The van der Waals surface area contributed by atoms with Gasteiger partial charge in [0.2, 0.25) is 0 Å². The molecule has 0 radical (unpaired) electrons.